The second-order valence-corrected chi connectivity index (χ2v) is 7.52. The normalized spacial score (nSPS) is 14.6. The zero-order valence-electron chi connectivity index (χ0n) is 17.9. The second kappa shape index (κ2) is 12.8. The summed E-state index contributed by atoms with van der Waals surface area (Å²) >= 11 is 0. The average molecular weight is 510 g/mol. The van der Waals surface area contributed by atoms with Gasteiger partial charge in [-0.15, -0.1) is 24.0 Å². The molecular formula is C23H35IN4O. The molecule has 2 atom stereocenters. The molecule has 29 heavy (non-hydrogen) atoms. The molecule has 0 radical (unpaired) electrons. The molecule has 2 unspecified atom stereocenters. The number of hydrogen-bond donors (Lipinski definition) is 3. The van der Waals surface area contributed by atoms with Crippen molar-refractivity contribution in [2.24, 2.45) is 4.99 Å². The van der Waals surface area contributed by atoms with Crippen molar-refractivity contribution >= 4 is 29.9 Å². The van der Waals surface area contributed by atoms with Gasteiger partial charge in [-0.05, 0) is 45.5 Å². The Morgan fingerprint density at radius 3 is 2.17 bits per heavy atom. The van der Waals surface area contributed by atoms with Crippen molar-refractivity contribution in [1.82, 2.24) is 15.5 Å². The number of hydrogen-bond acceptors (Lipinski definition) is 3. The van der Waals surface area contributed by atoms with Gasteiger partial charge in [-0.25, -0.2) is 4.99 Å². The quantitative estimate of drug-likeness (QED) is 0.276. The van der Waals surface area contributed by atoms with E-state index in [4.69, 9.17) is 0 Å². The van der Waals surface area contributed by atoms with Crippen LogP contribution in [-0.2, 0) is 12.0 Å². The number of aliphatic hydroxyl groups is 1. The molecule has 0 aliphatic heterocycles. The highest BCUT2D eigenvalue weighted by Crippen LogP contribution is 2.20. The minimum Gasteiger partial charge on any atom is -0.384 e. The number of halogens is 1. The van der Waals surface area contributed by atoms with Crippen molar-refractivity contribution in [3.63, 3.8) is 0 Å². The lowest BCUT2D eigenvalue weighted by molar-refractivity contribution is 0.0672. The summed E-state index contributed by atoms with van der Waals surface area (Å²) in [7, 11) is 4.19. The van der Waals surface area contributed by atoms with Crippen LogP contribution in [-0.4, -0.2) is 55.7 Å². The fraction of sp³-hybridized carbons (Fsp3) is 0.435. The third-order valence-corrected chi connectivity index (χ3v) is 4.83. The zero-order valence-corrected chi connectivity index (χ0v) is 20.3. The summed E-state index contributed by atoms with van der Waals surface area (Å²) in [5.74, 6) is 0.721. The summed E-state index contributed by atoms with van der Waals surface area (Å²) in [4.78, 5) is 6.85. The molecule has 0 aliphatic rings. The van der Waals surface area contributed by atoms with Gasteiger partial charge in [0.1, 0.15) is 5.60 Å². The van der Waals surface area contributed by atoms with E-state index in [1.807, 2.05) is 43.3 Å². The van der Waals surface area contributed by atoms with Gasteiger partial charge < -0.3 is 20.6 Å². The van der Waals surface area contributed by atoms with Crippen LogP contribution in [0.25, 0.3) is 0 Å². The maximum Gasteiger partial charge on any atom is 0.191 e. The molecule has 0 amide bonds. The van der Waals surface area contributed by atoms with Gasteiger partial charge in [0.15, 0.2) is 5.96 Å². The molecule has 2 aromatic carbocycles. The number of guanidine groups is 1. The maximum atomic E-state index is 10.8. The van der Waals surface area contributed by atoms with Crippen LogP contribution in [0.5, 0.6) is 0 Å². The first-order valence-corrected chi connectivity index (χ1v) is 9.93. The van der Waals surface area contributed by atoms with Crippen molar-refractivity contribution in [2.75, 3.05) is 33.7 Å². The van der Waals surface area contributed by atoms with E-state index < -0.39 is 5.60 Å². The van der Waals surface area contributed by atoms with Gasteiger partial charge in [0.05, 0.1) is 6.54 Å². The van der Waals surface area contributed by atoms with Crippen molar-refractivity contribution in [3.8, 4) is 0 Å². The van der Waals surface area contributed by atoms with E-state index in [9.17, 15) is 5.11 Å². The van der Waals surface area contributed by atoms with Crippen LogP contribution in [0.2, 0.25) is 0 Å². The number of nitrogens with zero attached hydrogens (tertiary/aromatic N) is 2. The Hall–Kier alpha value is -1.64. The monoisotopic (exact) mass is 510 g/mol. The number of benzene rings is 2. The summed E-state index contributed by atoms with van der Waals surface area (Å²) in [6.45, 7) is 5.66. The van der Waals surface area contributed by atoms with Crippen LogP contribution in [0.15, 0.2) is 65.7 Å². The van der Waals surface area contributed by atoms with Crippen molar-refractivity contribution in [2.45, 2.75) is 31.9 Å². The van der Waals surface area contributed by atoms with Crippen LogP contribution in [0.3, 0.4) is 0 Å². The van der Waals surface area contributed by atoms with Gasteiger partial charge in [-0.3, -0.25) is 0 Å². The Bertz CT molecular complexity index is 720. The minimum atomic E-state index is -1.01. The lowest BCUT2D eigenvalue weighted by Gasteiger charge is -2.26. The van der Waals surface area contributed by atoms with E-state index in [0.717, 1.165) is 31.0 Å². The fourth-order valence-electron chi connectivity index (χ4n) is 3.00. The van der Waals surface area contributed by atoms with E-state index in [1.165, 1.54) is 5.56 Å². The van der Waals surface area contributed by atoms with E-state index in [-0.39, 0.29) is 30.5 Å². The molecule has 0 bridgehead atoms. The SMILES string of the molecule is CCNC(=NCC(C)(O)c1ccccc1)NCC(Cc1ccccc1)N(C)C.I. The lowest BCUT2D eigenvalue weighted by Crippen LogP contribution is -2.46. The topological polar surface area (TPSA) is 59.9 Å². The molecule has 0 saturated heterocycles. The van der Waals surface area contributed by atoms with Gasteiger partial charge in [0.2, 0.25) is 0 Å². The molecule has 160 valence electrons. The number of rotatable bonds is 9. The average Bonchev–Trinajstić information content (AvgIpc) is 2.70. The summed E-state index contributed by atoms with van der Waals surface area (Å²) in [5.41, 5.74) is 1.18. The largest absolute Gasteiger partial charge is 0.384 e. The molecule has 6 heteroatoms. The third-order valence-electron chi connectivity index (χ3n) is 4.83. The first kappa shape index (κ1) is 25.4. The zero-order chi connectivity index (χ0) is 20.4. The number of nitrogens with one attached hydrogen (secondary N) is 2. The Labute approximate surface area is 192 Å². The minimum absolute atomic E-state index is 0. The van der Waals surface area contributed by atoms with Gasteiger partial charge in [-0.2, -0.15) is 0 Å². The number of likely N-dealkylation sites (N-methyl/N-ethyl adjacent to an activating group) is 1. The Balaban J connectivity index is 0.00000420. The van der Waals surface area contributed by atoms with E-state index in [2.05, 4.69) is 58.9 Å². The molecule has 2 aromatic rings. The molecule has 5 nitrogen and oxygen atoms in total. The molecule has 3 N–H and O–H groups in total. The van der Waals surface area contributed by atoms with Gasteiger partial charge in [-0.1, -0.05) is 60.7 Å². The Morgan fingerprint density at radius 1 is 1.03 bits per heavy atom. The van der Waals surface area contributed by atoms with E-state index >= 15 is 0 Å². The molecule has 0 heterocycles. The molecule has 0 aromatic heterocycles. The second-order valence-electron chi connectivity index (χ2n) is 7.52. The van der Waals surface area contributed by atoms with Gasteiger partial charge in [0.25, 0.3) is 0 Å². The molecule has 2 rings (SSSR count). The fourth-order valence-corrected chi connectivity index (χ4v) is 3.00. The summed E-state index contributed by atoms with van der Waals surface area (Å²) in [6.07, 6.45) is 0.960. The highest BCUT2D eigenvalue weighted by Gasteiger charge is 2.22. The van der Waals surface area contributed by atoms with Crippen LogP contribution >= 0.6 is 24.0 Å². The van der Waals surface area contributed by atoms with Crippen LogP contribution in [0.4, 0.5) is 0 Å². The van der Waals surface area contributed by atoms with Crippen molar-refractivity contribution < 1.29 is 5.11 Å². The molecule has 0 saturated carbocycles. The predicted octanol–water partition coefficient (Wildman–Crippen LogP) is 3.24. The van der Waals surface area contributed by atoms with Crippen molar-refractivity contribution in [3.05, 3.63) is 71.8 Å². The highest BCUT2D eigenvalue weighted by atomic mass is 127. The summed E-state index contributed by atoms with van der Waals surface area (Å²) in [6, 6.07) is 20.5. The van der Waals surface area contributed by atoms with Crippen LogP contribution < -0.4 is 10.6 Å². The first-order valence-electron chi connectivity index (χ1n) is 9.93. The Morgan fingerprint density at radius 2 is 1.62 bits per heavy atom. The predicted molar refractivity (Wildman–Crippen MR) is 133 cm³/mol. The summed E-state index contributed by atoms with van der Waals surface area (Å²) < 4.78 is 0. The highest BCUT2D eigenvalue weighted by molar-refractivity contribution is 14.0. The van der Waals surface area contributed by atoms with Crippen molar-refractivity contribution in [1.29, 1.82) is 0 Å². The van der Waals surface area contributed by atoms with E-state index in [1.54, 1.807) is 6.92 Å². The maximum absolute atomic E-state index is 10.8. The molecule has 0 fully saturated rings. The Kier molecular flexibility index (Phi) is 11.2. The van der Waals surface area contributed by atoms with Gasteiger partial charge in [0, 0.05) is 19.1 Å². The number of aliphatic imine (C=N–C) groups is 1. The third kappa shape index (κ3) is 8.72. The molecule has 0 aliphatic carbocycles. The van der Waals surface area contributed by atoms with Crippen LogP contribution in [0.1, 0.15) is 25.0 Å². The standard InChI is InChI=1S/C23H34N4O.HI/c1-5-24-22(26-18-23(2,28)20-14-10-7-11-15-20)25-17-21(27(3)4)16-19-12-8-6-9-13-19;/h6-15,21,28H,5,16-18H2,1-4H3,(H2,24,25,26);1H. The summed E-state index contributed by atoms with van der Waals surface area (Å²) in [5, 5.41) is 17.5. The molecule has 0 spiro atoms. The smallest absolute Gasteiger partial charge is 0.191 e. The van der Waals surface area contributed by atoms with E-state index in [0.29, 0.717) is 6.04 Å². The van der Waals surface area contributed by atoms with Gasteiger partial charge >= 0.3 is 0 Å². The van der Waals surface area contributed by atoms with Crippen LogP contribution in [0, 0.1) is 0 Å². The lowest BCUT2D eigenvalue weighted by atomic mass is 9.96. The molecular weight excluding hydrogens is 475 g/mol. The first-order chi connectivity index (χ1) is 13.4.